The van der Waals surface area contributed by atoms with Crippen LogP contribution in [0.4, 0.5) is 10.8 Å². The maximum Gasteiger partial charge on any atom is 0.301 e. The Hall–Kier alpha value is -4.55. The van der Waals surface area contributed by atoms with Gasteiger partial charge in [0.25, 0.3) is 11.5 Å². The van der Waals surface area contributed by atoms with E-state index in [0.717, 1.165) is 16.2 Å². The standard InChI is InChI=1S/C25H17ClN4O7S/c1-36-17-11-14(26)18(37-2)10-13(17)22(31)20-21(16-5-3-4-8-27-16)29(24(33)23(20)32)25-28-15-7-6-12(30(34)35)9-19(15)38-25/h3-11,21,31H,1-2H3/b22-20+. The molecule has 3 heterocycles. The predicted molar refractivity (Wildman–Crippen MR) is 140 cm³/mol. The molecule has 38 heavy (non-hydrogen) atoms. The molecule has 4 aromatic rings. The molecule has 2 aromatic carbocycles. The lowest BCUT2D eigenvalue weighted by Gasteiger charge is -2.22. The number of non-ortho nitro benzene ring substituents is 1. The molecule has 1 fully saturated rings. The number of aliphatic hydroxyl groups excluding tert-OH is 1. The second kappa shape index (κ2) is 9.72. The molecule has 1 saturated heterocycles. The highest BCUT2D eigenvalue weighted by Gasteiger charge is 2.49. The maximum atomic E-state index is 13.4. The number of hydrogen-bond donors (Lipinski definition) is 1. The van der Waals surface area contributed by atoms with Crippen molar-refractivity contribution in [3.63, 3.8) is 0 Å². The van der Waals surface area contributed by atoms with Gasteiger partial charge in [-0.2, -0.15) is 0 Å². The molecular weight excluding hydrogens is 536 g/mol. The van der Waals surface area contributed by atoms with Gasteiger partial charge in [-0.15, -0.1) is 0 Å². The van der Waals surface area contributed by atoms with Crippen molar-refractivity contribution >= 4 is 61.4 Å². The molecule has 1 amide bonds. The Kier molecular flexibility index (Phi) is 6.43. The first-order chi connectivity index (χ1) is 18.2. The van der Waals surface area contributed by atoms with Crippen molar-refractivity contribution in [2.24, 2.45) is 0 Å². The normalized spacial score (nSPS) is 16.7. The van der Waals surface area contributed by atoms with Crippen LogP contribution in [0.2, 0.25) is 5.02 Å². The molecule has 1 atom stereocenters. The van der Waals surface area contributed by atoms with Crippen molar-refractivity contribution in [2.45, 2.75) is 6.04 Å². The van der Waals surface area contributed by atoms with E-state index in [0.29, 0.717) is 15.9 Å². The number of pyridine rings is 1. The molecule has 5 rings (SSSR count). The average Bonchev–Trinajstić information content (AvgIpc) is 3.46. The van der Waals surface area contributed by atoms with E-state index in [1.54, 1.807) is 18.2 Å². The second-order valence-electron chi connectivity index (χ2n) is 8.02. The number of amides is 1. The number of methoxy groups -OCH3 is 2. The summed E-state index contributed by atoms with van der Waals surface area (Å²) in [5.74, 6) is -2.09. The Bertz CT molecular complexity index is 1650. The molecule has 1 unspecified atom stereocenters. The first-order valence-electron chi connectivity index (χ1n) is 10.9. The first-order valence-corrected chi connectivity index (χ1v) is 12.1. The highest BCUT2D eigenvalue weighted by Crippen LogP contribution is 2.46. The fourth-order valence-electron chi connectivity index (χ4n) is 4.16. The van der Waals surface area contributed by atoms with Crippen molar-refractivity contribution in [3.05, 3.63) is 86.7 Å². The van der Waals surface area contributed by atoms with Gasteiger partial charge in [0.05, 0.1) is 51.2 Å². The Morgan fingerprint density at radius 1 is 1.13 bits per heavy atom. The van der Waals surface area contributed by atoms with Crippen LogP contribution in [0.1, 0.15) is 17.3 Å². The van der Waals surface area contributed by atoms with Crippen molar-refractivity contribution in [2.75, 3.05) is 19.1 Å². The summed E-state index contributed by atoms with van der Waals surface area (Å²) in [7, 11) is 2.76. The van der Waals surface area contributed by atoms with Crippen molar-refractivity contribution < 1.29 is 29.1 Å². The summed E-state index contributed by atoms with van der Waals surface area (Å²) in [5, 5.41) is 23.0. The molecule has 1 aliphatic rings. The highest BCUT2D eigenvalue weighted by molar-refractivity contribution is 7.22. The third kappa shape index (κ3) is 4.09. The maximum absolute atomic E-state index is 13.4. The lowest BCUT2D eigenvalue weighted by atomic mass is 9.98. The van der Waals surface area contributed by atoms with Crippen LogP contribution in [0, 0.1) is 10.1 Å². The van der Waals surface area contributed by atoms with E-state index in [9.17, 15) is 24.8 Å². The molecule has 192 valence electrons. The summed E-state index contributed by atoms with van der Waals surface area (Å²) in [6.45, 7) is 0. The van der Waals surface area contributed by atoms with E-state index in [1.807, 2.05) is 0 Å². The Labute approximate surface area is 223 Å². The second-order valence-corrected chi connectivity index (χ2v) is 9.43. The van der Waals surface area contributed by atoms with Crippen LogP contribution in [0.25, 0.3) is 16.0 Å². The van der Waals surface area contributed by atoms with Gasteiger partial charge in [0.15, 0.2) is 5.13 Å². The quantitative estimate of drug-likeness (QED) is 0.116. The van der Waals surface area contributed by atoms with E-state index < -0.39 is 28.4 Å². The van der Waals surface area contributed by atoms with Gasteiger partial charge in [0, 0.05) is 24.4 Å². The predicted octanol–water partition coefficient (Wildman–Crippen LogP) is 4.90. The number of hydrogen-bond acceptors (Lipinski definition) is 10. The minimum absolute atomic E-state index is 0.0765. The van der Waals surface area contributed by atoms with Gasteiger partial charge in [-0.1, -0.05) is 29.0 Å². The van der Waals surface area contributed by atoms with Gasteiger partial charge < -0.3 is 14.6 Å². The van der Waals surface area contributed by atoms with Crippen LogP contribution in [-0.2, 0) is 9.59 Å². The van der Waals surface area contributed by atoms with Gasteiger partial charge in [-0.05, 0) is 24.3 Å². The number of aromatic nitrogens is 2. The Balaban J connectivity index is 1.74. The summed E-state index contributed by atoms with van der Waals surface area (Å²) in [6.07, 6.45) is 1.49. The number of nitro groups is 1. The summed E-state index contributed by atoms with van der Waals surface area (Å²) in [4.78, 5) is 47.4. The van der Waals surface area contributed by atoms with Gasteiger partial charge in [0.1, 0.15) is 23.3 Å². The number of aliphatic hydroxyl groups is 1. The topological polar surface area (TPSA) is 145 Å². The number of rotatable bonds is 6. The van der Waals surface area contributed by atoms with Crippen LogP contribution in [0.5, 0.6) is 11.5 Å². The number of fused-ring (bicyclic) bond motifs is 1. The molecule has 0 saturated carbocycles. The molecule has 1 aliphatic heterocycles. The number of thiazole rings is 1. The van der Waals surface area contributed by atoms with Crippen LogP contribution < -0.4 is 14.4 Å². The molecule has 1 N–H and O–H groups in total. The lowest BCUT2D eigenvalue weighted by Crippen LogP contribution is -2.29. The monoisotopic (exact) mass is 552 g/mol. The molecule has 0 spiro atoms. The van der Waals surface area contributed by atoms with Crippen LogP contribution in [0.15, 0.2) is 60.3 Å². The number of ketones is 1. The number of nitro benzene ring substituents is 1. The zero-order valence-corrected chi connectivity index (χ0v) is 21.3. The summed E-state index contributed by atoms with van der Waals surface area (Å²) in [5.41, 5.74) is 0.383. The van der Waals surface area contributed by atoms with E-state index >= 15 is 0 Å². The Morgan fingerprint density at radius 2 is 1.89 bits per heavy atom. The number of ether oxygens (including phenoxy) is 2. The number of benzene rings is 2. The fourth-order valence-corrected chi connectivity index (χ4v) is 5.41. The largest absolute Gasteiger partial charge is 0.507 e. The van der Waals surface area contributed by atoms with E-state index in [2.05, 4.69) is 9.97 Å². The zero-order chi connectivity index (χ0) is 27.1. The first kappa shape index (κ1) is 25.1. The molecule has 0 radical (unpaired) electrons. The third-order valence-electron chi connectivity index (χ3n) is 5.92. The van der Waals surface area contributed by atoms with E-state index in [-0.39, 0.29) is 38.5 Å². The summed E-state index contributed by atoms with van der Waals surface area (Å²) in [6, 6.07) is 10.7. The van der Waals surface area contributed by atoms with Gasteiger partial charge >= 0.3 is 5.91 Å². The SMILES string of the molecule is COc1cc(/C(O)=C2\C(=O)C(=O)N(c3nc4ccc([N+](=O)[O-])cc4s3)C2c2ccccn2)c(OC)cc1Cl. The van der Waals surface area contributed by atoms with Crippen molar-refractivity contribution in [1.29, 1.82) is 0 Å². The average molecular weight is 553 g/mol. The van der Waals surface area contributed by atoms with Crippen LogP contribution >= 0.6 is 22.9 Å². The minimum Gasteiger partial charge on any atom is -0.507 e. The fraction of sp³-hybridized carbons (Fsp3) is 0.120. The van der Waals surface area contributed by atoms with Gasteiger partial charge in [-0.25, -0.2) is 4.98 Å². The molecule has 11 nitrogen and oxygen atoms in total. The number of carbonyl (C=O) groups is 2. The zero-order valence-electron chi connectivity index (χ0n) is 19.7. The van der Waals surface area contributed by atoms with Gasteiger partial charge in [-0.3, -0.25) is 29.6 Å². The molecule has 0 bridgehead atoms. The minimum atomic E-state index is -1.15. The van der Waals surface area contributed by atoms with Gasteiger partial charge in [0.2, 0.25) is 0 Å². The summed E-state index contributed by atoms with van der Waals surface area (Å²) >= 11 is 7.20. The van der Waals surface area contributed by atoms with E-state index in [1.165, 1.54) is 50.7 Å². The number of Topliss-reactive ketones (excluding diaryl/α,β-unsaturated/α-hetero) is 1. The van der Waals surface area contributed by atoms with E-state index in [4.69, 9.17) is 21.1 Å². The smallest absolute Gasteiger partial charge is 0.301 e. The number of anilines is 1. The van der Waals surface area contributed by atoms with Crippen molar-refractivity contribution in [1.82, 2.24) is 9.97 Å². The molecule has 13 heteroatoms. The number of carbonyl (C=O) groups excluding carboxylic acids is 2. The molecular formula is C25H17ClN4O7S. The molecule has 2 aromatic heterocycles. The van der Waals surface area contributed by atoms with Crippen LogP contribution in [-0.4, -0.2) is 45.9 Å². The third-order valence-corrected chi connectivity index (χ3v) is 7.23. The molecule has 0 aliphatic carbocycles. The lowest BCUT2D eigenvalue weighted by molar-refractivity contribution is -0.384. The number of nitrogens with zero attached hydrogens (tertiary/aromatic N) is 4. The number of halogens is 1. The van der Waals surface area contributed by atoms with Crippen molar-refractivity contribution in [3.8, 4) is 11.5 Å². The van der Waals surface area contributed by atoms with Crippen LogP contribution in [0.3, 0.4) is 0 Å². The summed E-state index contributed by atoms with van der Waals surface area (Å²) < 4.78 is 11.1. The highest BCUT2D eigenvalue weighted by atomic mass is 35.5. The Morgan fingerprint density at radius 3 is 2.55 bits per heavy atom.